The number of ether oxygens (including phenoxy) is 1. The molecule has 1 saturated carbocycles. The fourth-order valence-electron chi connectivity index (χ4n) is 2.92. The number of esters is 1. The zero-order valence-corrected chi connectivity index (χ0v) is 14.0. The maximum atomic E-state index is 12.1. The maximum Gasteiger partial charge on any atom is 0.339 e. The van der Waals surface area contributed by atoms with Gasteiger partial charge in [-0.1, -0.05) is 37.8 Å². The van der Waals surface area contributed by atoms with Crippen LogP contribution in [0.25, 0.3) is 0 Å². The topological polar surface area (TPSA) is 84.5 Å². The van der Waals surface area contributed by atoms with E-state index in [1.54, 1.807) is 24.3 Å². The predicted molar refractivity (Wildman–Crippen MR) is 90.7 cm³/mol. The van der Waals surface area contributed by atoms with Crippen LogP contribution in [-0.2, 0) is 14.3 Å². The molecule has 1 aliphatic carbocycles. The molecular weight excluding hydrogens is 308 g/mol. The molecule has 0 aromatic heterocycles. The third-order valence-electron chi connectivity index (χ3n) is 4.15. The number of amides is 2. The van der Waals surface area contributed by atoms with Gasteiger partial charge in [-0.25, -0.2) is 4.79 Å². The molecule has 1 aliphatic rings. The molecule has 6 nitrogen and oxygen atoms in total. The van der Waals surface area contributed by atoms with Gasteiger partial charge in [0, 0.05) is 6.04 Å². The Kier molecular flexibility index (Phi) is 6.78. The van der Waals surface area contributed by atoms with Gasteiger partial charge in [0.05, 0.1) is 18.4 Å². The molecule has 0 heterocycles. The fraction of sp³-hybridized carbons (Fsp3) is 0.500. The highest BCUT2D eigenvalue weighted by molar-refractivity contribution is 6.06. The van der Waals surface area contributed by atoms with Crippen molar-refractivity contribution in [3.8, 4) is 0 Å². The minimum absolute atomic E-state index is 0.162. The molecule has 0 unspecified atom stereocenters. The Labute approximate surface area is 142 Å². The lowest BCUT2D eigenvalue weighted by Crippen LogP contribution is -2.36. The van der Waals surface area contributed by atoms with Crippen LogP contribution in [0.15, 0.2) is 24.3 Å². The number of hydrogen-bond acceptors (Lipinski definition) is 4. The van der Waals surface area contributed by atoms with Gasteiger partial charge < -0.3 is 15.4 Å². The van der Waals surface area contributed by atoms with E-state index in [0.717, 1.165) is 25.7 Å². The summed E-state index contributed by atoms with van der Waals surface area (Å²) in [6, 6.07) is 6.71. The first-order chi connectivity index (χ1) is 11.6. The van der Waals surface area contributed by atoms with Crippen LogP contribution in [-0.4, -0.2) is 30.9 Å². The number of methoxy groups -OCH3 is 1. The number of benzene rings is 1. The molecule has 0 bridgehead atoms. The molecule has 1 aromatic rings. The Bertz CT molecular complexity index is 592. The van der Waals surface area contributed by atoms with Crippen LogP contribution in [0.4, 0.5) is 5.69 Å². The third kappa shape index (κ3) is 5.37. The zero-order chi connectivity index (χ0) is 17.4. The van der Waals surface area contributed by atoms with E-state index >= 15 is 0 Å². The minimum atomic E-state index is -0.534. The summed E-state index contributed by atoms with van der Waals surface area (Å²) in [6.45, 7) is 0. The lowest BCUT2D eigenvalue weighted by Gasteiger charge is -2.16. The number of anilines is 1. The lowest BCUT2D eigenvalue weighted by molar-refractivity contribution is -0.127. The number of nitrogens with one attached hydrogen (secondary N) is 2. The summed E-state index contributed by atoms with van der Waals surface area (Å²) in [6.07, 6.45) is 6.32. The van der Waals surface area contributed by atoms with E-state index < -0.39 is 11.9 Å². The Hall–Kier alpha value is -2.37. The van der Waals surface area contributed by atoms with Gasteiger partial charge in [0.15, 0.2) is 0 Å². The molecule has 0 aliphatic heterocycles. The lowest BCUT2D eigenvalue weighted by atomic mass is 10.1. The van der Waals surface area contributed by atoms with Gasteiger partial charge in [-0.2, -0.15) is 0 Å². The van der Waals surface area contributed by atoms with Crippen LogP contribution in [0.3, 0.4) is 0 Å². The monoisotopic (exact) mass is 332 g/mol. The summed E-state index contributed by atoms with van der Waals surface area (Å²) in [4.78, 5) is 35.8. The van der Waals surface area contributed by atoms with Crippen molar-refractivity contribution in [3.63, 3.8) is 0 Å². The van der Waals surface area contributed by atoms with Crippen molar-refractivity contribution in [2.45, 2.75) is 51.0 Å². The second kappa shape index (κ2) is 9.05. The summed E-state index contributed by atoms with van der Waals surface area (Å²) in [5.74, 6) is -1.26. The molecule has 2 amide bonds. The third-order valence-corrected chi connectivity index (χ3v) is 4.15. The Balaban J connectivity index is 1.88. The Morgan fingerprint density at radius 1 is 1.04 bits per heavy atom. The van der Waals surface area contributed by atoms with Crippen molar-refractivity contribution in [1.82, 2.24) is 5.32 Å². The molecule has 2 rings (SSSR count). The van der Waals surface area contributed by atoms with E-state index in [1.165, 1.54) is 20.0 Å². The van der Waals surface area contributed by atoms with Crippen LogP contribution in [0.1, 0.15) is 55.3 Å². The molecule has 0 spiro atoms. The van der Waals surface area contributed by atoms with Gasteiger partial charge in [-0.15, -0.1) is 0 Å². The normalized spacial score (nSPS) is 15.2. The molecule has 0 saturated heterocycles. The summed E-state index contributed by atoms with van der Waals surface area (Å²) in [5.41, 5.74) is 0.606. The second-order valence-corrected chi connectivity index (χ2v) is 6.02. The van der Waals surface area contributed by atoms with Crippen LogP contribution in [0.5, 0.6) is 0 Å². The molecule has 0 atom stereocenters. The number of hydrogen-bond donors (Lipinski definition) is 2. The van der Waals surface area contributed by atoms with Crippen molar-refractivity contribution >= 4 is 23.5 Å². The van der Waals surface area contributed by atoms with Gasteiger partial charge in [-0.3, -0.25) is 9.59 Å². The second-order valence-electron chi connectivity index (χ2n) is 6.02. The molecule has 1 fully saturated rings. The first-order valence-corrected chi connectivity index (χ1v) is 8.36. The van der Waals surface area contributed by atoms with Crippen molar-refractivity contribution in [1.29, 1.82) is 0 Å². The van der Waals surface area contributed by atoms with Crippen LogP contribution in [0.2, 0.25) is 0 Å². The maximum absolute atomic E-state index is 12.1. The molecule has 2 N–H and O–H groups in total. The van der Waals surface area contributed by atoms with Gasteiger partial charge in [-0.05, 0) is 25.0 Å². The van der Waals surface area contributed by atoms with E-state index in [2.05, 4.69) is 15.4 Å². The van der Waals surface area contributed by atoms with Crippen molar-refractivity contribution in [2.24, 2.45) is 0 Å². The van der Waals surface area contributed by atoms with E-state index in [4.69, 9.17) is 0 Å². The highest BCUT2D eigenvalue weighted by atomic mass is 16.5. The average Bonchev–Trinajstić information content (AvgIpc) is 2.83. The largest absolute Gasteiger partial charge is 0.465 e. The number of carbonyl (C=O) groups excluding carboxylic acids is 3. The Morgan fingerprint density at radius 2 is 1.71 bits per heavy atom. The summed E-state index contributed by atoms with van der Waals surface area (Å²) >= 11 is 0. The van der Waals surface area contributed by atoms with Gasteiger partial charge in [0.2, 0.25) is 11.8 Å². The number of para-hydroxylation sites is 1. The van der Waals surface area contributed by atoms with Crippen LogP contribution in [0, 0.1) is 0 Å². The van der Waals surface area contributed by atoms with Crippen molar-refractivity contribution in [2.75, 3.05) is 12.4 Å². The van der Waals surface area contributed by atoms with E-state index in [9.17, 15) is 14.4 Å². The van der Waals surface area contributed by atoms with E-state index in [-0.39, 0.29) is 23.9 Å². The number of carbonyl (C=O) groups is 3. The first kappa shape index (κ1) is 18.0. The highest BCUT2D eigenvalue weighted by Crippen LogP contribution is 2.18. The molecular formula is C18H24N2O4. The summed E-state index contributed by atoms with van der Waals surface area (Å²) in [7, 11) is 1.28. The molecule has 130 valence electrons. The van der Waals surface area contributed by atoms with E-state index in [1.807, 2.05) is 0 Å². The number of rotatable bonds is 5. The highest BCUT2D eigenvalue weighted by Gasteiger charge is 2.18. The SMILES string of the molecule is COC(=O)c1ccccc1NC(=O)CC(=O)NC1CCCCCC1. The van der Waals surface area contributed by atoms with Crippen molar-refractivity contribution < 1.29 is 19.1 Å². The fourth-order valence-corrected chi connectivity index (χ4v) is 2.92. The van der Waals surface area contributed by atoms with Crippen molar-refractivity contribution in [3.05, 3.63) is 29.8 Å². The molecule has 0 radical (unpaired) electrons. The van der Waals surface area contributed by atoms with Gasteiger partial charge in [0.1, 0.15) is 6.42 Å². The Morgan fingerprint density at radius 3 is 2.38 bits per heavy atom. The van der Waals surface area contributed by atoms with Gasteiger partial charge >= 0.3 is 5.97 Å². The summed E-state index contributed by atoms with van der Waals surface area (Å²) in [5, 5.41) is 5.54. The van der Waals surface area contributed by atoms with Crippen LogP contribution < -0.4 is 10.6 Å². The van der Waals surface area contributed by atoms with Gasteiger partial charge in [0.25, 0.3) is 0 Å². The smallest absolute Gasteiger partial charge is 0.339 e. The summed E-state index contributed by atoms with van der Waals surface area (Å²) < 4.78 is 4.68. The first-order valence-electron chi connectivity index (χ1n) is 8.36. The molecule has 24 heavy (non-hydrogen) atoms. The van der Waals surface area contributed by atoms with Crippen LogP contribution >= 0.6 is 0 Å². The molecule has 6 heteroatoms. The predicted octanol–water partition coefficient (Wildman–Crippen LogP) is 2.64. The molecule has 1 aromatic carbocycles. The minimum Gasteiger partial charge on any atom is -0.465 e. The zero-order valence-electron chi connectivity index (χ0n) is 14.0. The average molecular weight is 332 g/mol. The van der Waals surface area contributed by atoms with E-state index in [0.29, 0.717) is 5.69 Å². The quantitative estimate of drug-likeness (QED) is 0.493. The standard InChI is InChI=1S/C18H24N2O4/c1-24-18(23)14-10-6-7-11-15(14)20-17(22)12-16(21)19-13-8-4-2-3-5-9-13/h6-7,10-11,13H,2-5,8-9,12H2,1H3,(H,19,21)(H,20,22).